The van der Waals surface area contributed by atoms with E-state index in [9.17, 15) is 4.79 Å². The fourth-order valence-electron chi connectivity index (χ4n) is 3.60. The van der Waals surface area contributed by atoms with Crippen molar-refractivity contribution in [2.24, 2.45) is 5.92 Å². The average Bonchev–Trinajstić information content (AvgIpc) is 2.71. The lowest BCUT2D eigenvalue weighted by Crippen LogP contribution is -2.24. The van der Waals surface area contributed by atoms with Crippen LogP contribution in [0.4, 0.5) is 0 Å². The van der Waals surface area contributed by atoms with Gasteiger partial charge >= 0.3 is 5.97 Å². The highest BCUT2D eigenvalue weighted by Gasteiger charge is 2.27. The predicted molar refractivity (Wildman–Crippen MR) is 100 cm³/mol. The minimum atomic E-state index is -0.137. The lowest BCUT2D eigenvalue weighted by molar-refractivity contribution is -0.145. The molecule has 0 saturated heterocycles. The molecule has 0 radical (unpaired) electrons. The zero-order valence-corrected chi connectivity index (χ0v) is 14.8. The molecule has 0 bridgehead atoms. The number of carbonyl (C=O) groups excluding carboxylic acids is 1. The van der Waals surface area contributed by atoms with Crippen molar-refractivity contribution in [3.05, 3.63) is 71.4 Å². The molecule has 4 heteroatoms. The van der Waals surface area contributed by atoms with Gasteiger partial charge in [0.05, 0.1) is 24.2 Å². The lowest BCUT2D eigenvalue weighted by atomic mass is 9.83. The number of carbonyl (C=O) groups is 1. The first-order valence-corrected chi connectivity index (χ1v) is 8.90. The molecule has 132 valence electrons. The molecular weight excluding hydrogens is 326 g/mol. The smallest absolute Gasteiger partial charge is 0.309 e. The van der Waals surface area contributed by atoms with Crippen molar-refractivity contribution in [3.63, 3.8) is 0 Å². The van der Waals surface area contributed by atoms with E-state index in [-0.39, 0.29) is 11.9 Å². The fraction of sp³-hybridized carbons (Fsp3) is 0.273. The number of esters is 1. The number of methoxy groups -OCH3 is 1. The van der Waals surface area contributed by atoms with Crippen LogP contribution < -0.4 is 4.74 Å². The van der Waals surface area contributed by atoms with E-state index in [0.29, 0.717) is 13.0 Å². The Balaban J connectivity index is 1.54. The molecule has 26 heavy (non-hydrogen) atoms. The third-order valence-corrected chi connectivity index (χ3v) is 5.01. The summed E-state index contributed by atoms with van der Waals surface area (Å²) in [5.74, 6) is 0.615. The predicted octanol–water partition coefficient (Wildman–Crippen LogP) is 4.09. The SMILES string of the molecule is COC(=O)C1CCc2cccc(OCc3ccc4ccccc4n3)c2C1. The highest BCUT2D eigenvalue weighted by atomic mass is 16.5. The number of pyridine rings is 1. The summed E-state index contributed by atoms with van der Waals surface area (Å²) in [5, 5.41) is 1.12. The van der Waals surface area contributed by atoms with E-state index in [0.717, 1.165) is 40.8 Å². The van der Waals surface area contributed by atoms with E-state index in [1.54, 1.807) is 0 Å². The van der Waals surface area contributed by atoms with Crippen LogP contribution in [0.3, 0.4) is 0 Å². The summed E-state index contributed by atoms with van der Waals surface area (Å²) in [6.45, 7) is 0.407. The third-order valence-electron chi connectivity index (χ3n) is 5.01. The maximum Gasteiger partial charge on any atom is 0.309 e. The van der Waals surface area contributed by atoms with Gasteiger partial charge in [-0.1, -0.05) is 36.4 Å². The summed E-state index contributed by atoms with van der Waals surface area (Å²) in [4.78, 5) is 16.6. The molecule has 1 aliphatic rings. The number of hydrogen-bond acceptors (Lipinski definition) is 4. The van der Waals surface area contributed by atoms with Crippen molar-refractivity contribution in [2.75, 3.05) is 7.11 Å². The summed E-state index contributed by atoms with van der Waals surface area (Å²) in [5.41, 5.74) is 4.24. The fourth-order valence-corrected chi connectivity index (χ4v) is 3.60. The molecule has 4 nitrogen and oxygen atoms in total. The zero-order valence-electron chi connectivity index (χ0n) is 14.8. The van der Waals surface area contributed by atoms with Crippen molar-refractivity contribution in [1.82, 2.24) is 4.98 Å². The van der Waals surface area contributed by atoms with Gasteiger partial charge in [0.2, 0.25) is 0 Å². The topological polar surface area (TPSA) is 48.4 Å². The van der Waals surface area contributed by atoms with Crippen molar-refractivity contribution < 1.29 is 14.3 Å². The standard InChI is InChI=1S/C22H21NO3/c1-25-22(24)17-10-9-15-6-4-8-21(19(15)13-17)26-14-18-12-11-16-5-2-3-7-20(16)23-18/h2-8,11-12,17H,9-10,13-14H2,1H3. The first kappa shape index (κ1) is 16.6. The number of nitrogens with zero attached hydrogens (tertiary/aromatic N) is 1. The molecule has 3 aromatic rings. The molecule has 0 N–H and O–H groups in total. The van der Waals surface area contributed by atoms with Gasteiger partial charge in [-0.15, -0.1) is 0 Å². The molecule has 1 heterocycles. The van der Waals surface area contributed by atoms with Gasteiger partial charge in [-0.25, -0.2) is 4.98 Å². The van der Waals surface area contributed by atoms with Gasteiger partial charge in [-0.3, -0.25) is 4.79 Å². The molecule has 0 saturated carbocycles. The van der Waals surface area contributed by atoms with Gasteiger partial charge in [0, 0.05) is 5.39 Å². The van der Waals surface area contributed by atoms with Gasteiger partial charge in [0.25, 0.3) is 0 Å². The van der Waals surface area contributed by atoms with Crippen LogP contribution in [-0.4, -0.2) is 18.1 Å². The Morgan fingerprint density at radius 3 is 2.88 bits per heavy atom. The molecule has 0 amide bonds. The van der Waals surface area contributed by atoms with Crippen LogP contribution in [0.25, 0.3) is 10.9 Å². The third kappa shape index (κ3) is 3.27. The van der Waals surface area contributed by atoms with E-state index in [4.69, 9.17) is 9.47 Å². The molecule has 0 fully saturated rings. The van der Waals surface area contributed by atoms with Crippen LogP contribution in [0.2, 0.25) is 0 Å². The summed E-state index contributed by atoms with van der Waals surface area (Å²) in [7, 11) is 1.45. The minimum Gasteiger partial charge on any atom is -0.487 e. The highest BCUT2D eigenvalue weighted by Crippen LogP contribution is 2.33. The quantitative estimate of drug-likeness (QED) is 0.667. The lowest BCUT2D eigenvalue weighted by Gasteiger charge is -2.24. The molecule has 1 aliphatic carbocycles. The van der Waals surface area contributed by atoms with Crippen LogP contribution in [0.15, 0.2) is 54.6 Å². The summed E-state index contributed by atoms with van der Waals surface area (Å²) in [6.07, 6.45) is 2.37. The van der Waals surface area contributed by atoms with Gasteiger partial charge in [0.1, 0.15) is 12.4 Å². The zero-order chi connectivity index (χ0) is 17.9. The Labute approximate surface area is 152 Å². The van der Waals surface area contributed by atoms with Crippen LogP contribution >= 0.6 is 0 Å². The first-order valence-electron chi connectivity index (χ1n) is 8.90. The Hall–Kier alpha value is -2.88. The van der Waals surface area contributed by atoms with E-state index >= 15 is 0 Å². The molecular formula is C22H21NO3. The molecule has 4 rings (SSSR count). The number of fused-ring (bicyclic) bond motifs is 2. The highest BCUT2D eigenvalue weighted by molar-refractivity contribution is 5.78. The molecule has 0 aliphatic heterocycles. The Morgan fingerprint density at radius 2 is 2.00 bits per heavy atom. The van der Waals surface area contributed by atoms with Gasteiger partial charge in [-0.2, -0.15) is 0 Å². The molecule has 0 spiro atoms. The van der Waals surface area contributed by atoms with Crippen molar-refractivity contribution in [1.29, 1.82) is 0 Å². The average molecular weight is 347 g/mol. The number of aryl methyl sites for hydroxylation is 1. The molecule has 1 unspecified atom stereocenters. The van der Waals surface area contributed by atoms with Gasteiger partial charge in [-0.05, 0) is 48.6 Å². The van der Waals surface area contributed by atoms with Crippen LogP contribution in [0, 0.1) is 5.92 Å². The van der Waals surface area contributed by atoms with E-state index in [1.807, 2.05) is 42.5 Å². The van der Waals surface area contributed by atoms with Crippen LogP contribution in [-0.2, 0) is 29.0 Å². The molecule has 1 aromatic heterocycles. The summed E-state index contributed by atoms with van der Waals surface area (Å²) < 4.78 is 11.0. The summed E-state index contributed by atoms with van der Waals surface area (Å²) in [6, 6.07) is 18.2. The maximum atomic E-state index is 11.9. The number of hydrogen-bond donors (Lipinski definition) is 0. The van der Waals surface area contributed by atoms with Crippen molar-refractivity contribution >= 4 is 16.9 Å². The van der Waals surface area contributed by atoms with Crippen LogP contribution in [0.5, 0.6) is 5.75 Å². The number of para-hydroxylation sites is 1. The Bertz CT molecular complexity index is 951. The van der Waals surface area contributed by atoms with E-state index in [1.165, 1.54) is 12.7 Å². The largest absolute Gasteiger partial charge is 0.487 e. The van der Waals surface area contributed by atoms with Gasteiger partial charge in [0.15, 0.2) is 0 Å². The minimum absolute atomic E-state index is 0.0870. The molecule has 2 aromatic carbocycles. The molecule has 1 atom stereocenters. The second-order valence-corrected chi connectivity index (χ2v) is 6.64. The number of aromatic nitrogens is 1. The Kier molecular flexibility index (Phi) is 4.57. The number of ether oxygens (including phenoxy) is 2. The second kappa shape index (κ2) is 7.16. The van der Waals surface area contributed by atoms with Crippen LogP contribution in [0.1, 0.15) is 23.2 Å². The van der Waals surface area contributed by atoms with Gasteiger partial charge < -0.3 is 9.47 Å². The monoisotopic (exact) mass is 347 g/mol. The summed E-state index contributed by atoms with van der Waals surface area (Å²) >= 11 is 0. The second-order valence-electron chi connectivity index (χ2n) is 6.64. The Morgan fingerprint density at radius 1 is 1.12 bits per heavy atom. The number of rotatable bonds is 4. The van der Waals surface area contributed by atoms with Crippen molar-refractivity contribution in [3.8, 4) is 5.75 Å². The van der Waals surface area contributed by atoms with E-state index < -0.39 is 0 Å². The first-order chi connectivity index (χ1) is 12.7. The number of benzene rings is 2. The van der Waals surface area contributed by atoms with Crippen molar-refractivity contribution in [2.45, 2.75) is 25.9 Å². The normalized spacial score (nSPS) is 16.1. The van der Waals surface area contributed by atoms with E-state index in [2.05, 4.69) is 17.1 Å². The maximum absolute atomic E-state index is 11.9.